The molecule has 5 rings (SSSR count). The van der Waals surface area contributed by atoms with Gasteiger partial charge in [0.1, 0.15) is 10.7 Å². The van der Waals surface area contributed by atoms with E-state index in [1.165, 1.54) is 18.2 Å². The zero-order chi connectivity index (χ0) is 27.7. The smallest absolute Gasteiger partial charge is 0.263 e. The van der Waals surface area contributed by atoms with E-state index in [0.29, 0.717) is 28.9 Å². The molecular weight excluding hydrogens is 544 g/mol. The first-order chi connectivity index (χ1) is 18.6. The fraction of sp³-hybridized carbons (Fsp3) is 0.286. The number of hydrogen-bond donors (Lipinski definition) is 2. The van der Waals surface area contributed by atoms with Crippen LogP contribution in [0.1, 0.15) is 25.7 Å². The molecule has 1 aliphatic rings. The van der Waals surface area contributed by atoms with E-state index in [4.69, 9.17) is 11.6 Å². The molecule has 0 aliphatic heterocycles. The minimum Gasteiger partial charge on any atom is -0.351 e. The van der Waals surface area contributed by atoms with E-state index >= 15 is 4.39 Å². The van der Waals surface area contributed by atoms with Crippen LogP contribution in [0.5, 0.6) is 0 Å². The summed E-state index contributed by atoms with van der Waals surface area (Å²) >= 11 is 6.01. The monoisotopic (exact) mass is 571 g/mol. The Morgan fingerprint density at radius 3 is 2.46 bits per heavy atom. The Kier molecular flexibility index (Phi) is 7.70. The molecule has 1 heterocycles. The van der Waals surface area contributed by atoms with E-state index in [9.17, 15) is 12.8 Å². The number of fused-ring (bicyclic) bond motifs is 1. The molecule has 1 aliphatic carbocycles. The van der Waals surface area contributed by atoms with Crippen LogP contribution < -0.4 is 10.0 Å². The van der Waals surface area contributed by atoms with Gasteiger partial charge in [0.15, 0.2) is 5.82 Å². The molecule has 1 fully saturated rings. The Morgan fingerprint density at radius 2 is 1.74 bits per heavy atom. The molecule has 0 atom stereocenters. The molecule has 0 bridgehead atoms. The van der Waals surface area contributed by atoms with Crippen molar-refractivity contribution >= 4 is 44.2 Å². The highest BCUT2D eigenvalue weighted by Crippen LogP contribution is 2.34. The lowest BCUT2D eigenvalue weighted by Crippen LogP contribution is -2.36. The number of aromatic nitrogens is 2. The van der Waals surface area contributed by atoms with Gasteiger partial charge in [-0.1, -0.05) is 29.8 Å². The molecule has 4 aromatic rings. The molecule has 0 amide bonds. The van der Waals surface area contributed by atoms with Crippen molar-refractivity contribution in [3.63, 3.8) is 0 Å². The van der Waals surface area contributed by atoms with Crippen molar-refractivity contribution in [2.24, 2.45) is 0 Å². The molecular formula is C28H28ClF2N5O2S. The van der Waals surface area contributed by atoms with Gasteiger partial charge in [0.05, 0.1) is 21.8 Å². The number of sulfonamides is 1. The van der Waals surface area contributed by atoms with Crippen molar-refractivity contribution in [3.8, 4) is 11.1 Å². The van der Waals surface area contributed by atoms with Crippen molar-refractivity contribution in [1.29, 1.82) is 0 Å². The highest BCUT2D eigenvalue weighted by molar-refractivity contribution is 7.92. The summed E-state index contributed by atoms with van der Waals surface area (Å²) in [6.07, 6.45) is 5.87. The number of halogens is 3. The number of anilines is 2. The zero-order valence-electron chi connectivity index (χ0n) is 21.5. The maximum absolute atomic E-state index is 15.5. The van der Waals surface area contributed by atoms with E-state index in [2.05, 4.69) is 39.0 Å². The summed E-state index contributed by atoms with van der Waals surface area (Å²) < 4.78 is 58.2. The second-order valence-corrected chi connectivity index (χ2v) is 12.0. The maximum atomic E-state index is 15.5. The van der Waals surface area contributed by atoms with Crippen molar-refractivity contribution in [2.75, 3.05) is 24.1 Å². The van der Waals surface area contributed by atoms with E-state index in [1.54, 1.807) is 30.5 Å². The van der Waals surface area contributed by atoms with Crippen LogP contribution in [-0.4, -0.2) is 49.5 Å². The normalized spacial score (nSPS) is 17.9. The zero-order valence-corrected chi connectivity index (χ0v) is 23.0. The molecule has 0 saturated heterocycles. The van der Waals surface area contributed by atoms with Crippen LogP contribution in [0.15, 0.2) is 65.7 Å². The molecule has 1 saturated carbocycles. The van der Waals surface area contributed by atoms with Gasteiger partial charge in [-0.05, 0) is 81.7 Å². The van der Waals surface area contributed by atoms with E-state index in [-0.39, 0.29) is 21.0 Å². The summed E-state index contributed by atoms with van der Waals surface area (Å²) in [6.45, 7) is 0. The first-order valence-corrected chi connectivity index (χ1v) is 14.4. The summed E-state index contributed by atoms with van der Waals surface area (Å²) in [6, 6.07) is 13.5. The van der Waals surface area contributed by atoms with Crippen LogP contribution >= 0.6 is 11.6 Å². The highest BCUT2D eigenvalue weighted by atomic mass is 35.5. The van der Waals surface area contributed by atoms with Gasteiger partial charge in [0.25, 0.3) is 10.0 Å². The second-order valence-electron chi connectivity index (χ2n) is 9.90. The van der Waals surface area contributed by atoms with Crippen molar-refractivity contribution < 1.29 is 17.2 Å². The van der Waals surface area contributed by atoms with Gasteiger partial charge < -0.3 is 10.2 Å². The number of nitrogens with zero attached hydrogens (tertiary/aromatic N) is 3. The first-order valence-electron chi connectivity index (χ1n) is 12.6. The van der Waals surface area contributed by atoms with Crippen LogP contribution in [0.4, 0.5) is 20.4 Å². The van der Waals surface area contributed by atoms with Gasteiger partial charge in [0, 0.05) is 23.7 Å². The number of nitrogens with one attached hydrogen (secondary N) is 2. The molecule has 2 N–H and O–H groups in total. The number of benzene rings is 3. The standard InChI is InChI=1S/C28H28ClF2N5O2S/c1-36(2)20-10-8-19(9-11-20)33-28-32-16-18-15-17(7-13-23(18)34-28)26-22(30)12-14-24(27(26)31)35-39(37,38)25-6-4-3-5-21(25)29/h3-7,12-16,19-20,35H,8-11H2,1-2H3,(H,32,33,34). The predicted octanol–water partition coefficient (Wildman–Crippen LogP) is 6.31. The fourth-order valence-electron chi connectivity index (χ4n) is 4.94. The molecule has 1 aromatic heterocycles. The minimum atomic E-state index is -4.21. The van der Waals surface area contributed by atoms with Crippen molar-refractivity contribution in [3.05, 3.63) is 77.5 Å². The van der Waals surface area contributed by atoms with Gasteiger partial charge in [0.2, 0.25) is 5.95 Å². The van der Waals surface area contributed by atoms with Crippen LogP contribution in [0.25, 0.3) is 22.0 Å². The molecule has 39 heavy (non-hydrogen) atoms. The van der Waals surface area contributed by atoms with E-state index in [1.807, 2.05) is 0 Å². The lowest BCUT2D eigenvalue weighted by molar-refractivity contribution is 0.221. The van der Waals surface area contributed by atoms with Gasteiger partial charge >= 0.3 is 0 Å². The summed E-state index contributed by atoms with van der Waals surface area (Å²) in [4.78, 5) is 11.1. The summed E-state index contributed by atoms with van der Waals surface area (Å²) in [5.41, 5.74) is 0.0829. The van der Waals surface area contributed by atoms with Crippen molar-refractivity contribution in [2.45, 2.75) is 42.7 Å². The SMILES string of the molecule is CN(C)C1CCC(Nc2ncc3cc(-c4c(F)ccc(NS(=O)(=O)c5ccccc5Cl)c4F)ccc3n2)CC1. The third-order valence-corrected chi connectivity index (χ3v) is 8.96. The Balaban J connectivity index is 1.39. The third kappa shape index (κ3) is 5.83. The topological polar surface area (TPSA) is 87.2 Å². The Bertz CT molecular complexity index is 1630. The largest absolute Gasteiger partial charge is 0.351 e. The lowest BCUT2D eigenvalue weighted by Gasteiger charge is -2.32. The van der Waals surface area contributed by atoms with Crippen LogP contribution in [0.3, 0.4) is 0 Å². The Morgan fingerprint density at radius 1 is 1.00 bits per heavy atom. The molecule has 0 radical (unpaired) electrons. The summed E-state index contributed by atoms with van der Waals surface area (Å²) in [7, 11) is -0.00439. The molecule has 204 valence electrons. The van der Waals surface area contributed by atoms with E-state index < -0.39 is 27.3 Å². The summed E-state index contributed by atoms with van der Waals surface area (Å²) in [5.74, 6) is -1.37. The maximum Gasteiger partial charge on any atom is 0.263 e. The first kappa shape index (κ1) is 27.2. The minimum absolute atomic E-state index is 0.0163. The fourth-order valence-corrected chi connectivity index (χ4v) is 6.52. The molecule has 3 aromatic carbocycles. The van der Waals surface area contributed by atoms with Crippen LogP contribution in [-0.2, 0) is 10.0 Å². The summed E-state index contributed by atoms with van der Waals surface area (Å²) in [5, 5.41) is 3.98. The average Bonchev–Trinajstić information content (AvgIpc) is 2.91. The van der Waals surface area contributed by atoms with Crippen LogP contribution in [0, 0.1) is 11.6 Å². The number of rotatable bonds is 7. The molecule has 0 spiro atoms. The Labute approximate surface area is 231 Å². The predicted molar refractivity (Wildman–Crippen MR) is 151 cm³/mol. The molecule has 11 heteroatoms. The molecule has 7 nitrogen and oxygen atoms in total. The quantitative estimate of drug-likeness (QED) is 0.270. The van der Waals surface area contributed by atoms with E-state index in [0.717, 1.165) is 37.8 Å². The lowest BCUT2D eigenvalue weighted by atomic mass is 9.91. The average molecular weight is 572 g/mol. The Hall–Kier alpha value is -3.34. The van der Waals surface area contributed by atoms with Gasteiger partial charge in [-0.15, -0.1) is 0 Å². The third-order valence-electron chi connectivity index (χ3n) is 7.09. The van der Waals surface area contributed by atoms with Gasteiger partial charge in [-0.2, -0.15) is 0 Å². The van der Waals surface area contributed by atoms with Gasteiger partial charge in [-0.3, -0.25) is 4.72 Å². The highest BCUT2D eigenvalue weighted by Gasteiger charge is 2.24. The number of hydrogen-bond acceptors (Lipinski definition) is 6. The molecule has 0 unspecified atom stereocenters. The van der Waals surface area contributed by atoms with Crippen molar-refractivity contribution in [1.82, 2.24) is 14.9 Å². The second kappa shape index (κ2) is 11.0. The van der Waals surface area contributed by atoms with Crippen LogP contribution in [0.2, 0.25) is 5.02 Å². The van der Waals surface area contributed by atoms with Gasteiger partial charge in [-0.25, -0.2) is 27.2 Å².